The van der Waals surface area contributed by atoms with Gasteiger partial charge in [-0.1, -0.05) is 0 Å². The molecule has 0 aliphatic heterocycles. The van der Waals surface area contributed by atoms with Crippen molar-refractivity contribution in [3.05, 3.63) is 7.43 Å². The topological polar surface area (TPSA) is 20.2 Å². The van der Waals surface area contributed by atoms with Crippen LogP contribution in [0.3, 0.4) is 0 Å². The molecule has 0 aromatic carbocycles. The van der Waals surface area contributed by atoms with Crippen LogP contribution in [0.4, 0.5) is 0 Å². The fourth-order valence-electron chi connectivity index (χ4n) is 0. The summed E-state index contributed by atoms with van der Waals surface area (Å²) in [5.74, 6) is 0. The van der Waals surface area contributed by atoms with Gasteiger partial charge in [0, 0.05) is 28.8 Å². The molecule has 0 radical (unpaired) electrons. The summed E-state index contributed by atoms with van der Waals surface area (Å²) in [6.07, 6.45) is 0. The molecule has 0 rings (SSSR count). The summed E-state index contributed by atoms with van der Waals surface area (Å²) >= 11 is 0. The van der Waals surface area contributed by atoms with Crippen LogP contribution in [-0.4, -0.2) is 12.2 Å². The summed E-state index contributed by atoms with van der Waals surface area (Å²) in [6.45, 7) is 0. The van der Waals surface area contributed by atoms with Crippen molar-refractivity contribution < 1.29 is 26.8 Å². The molecule has 0 fully saturated rings. The van der Waals surface area contributed by atoms with Crippen molar-refractivity contribution in [2.45, 2.75) is 0 Å². The van der Waals surface area contributed by atoms with Gasteiger partial charge in [-0.15, -0.1) is 24.8 Å². The molecule has 0 aliphatic carbocycles. The number of rotatable bonds is 0. The van der Waals surface area contributed by atoms with E-state index in [4.69, 9.17) is 5.11 Å². The van der Waals surface area contributed by atoms with Crippen LogP contribution >= 0.6 is 24.8 Å². The maximum absolute atomic E-state index is 7.00. The summed E-state index contributed by atoms with van der Waals surface area (Å²) in [7, 11) is 1.00. The van der Waals surface area contributed by atoms with Crippen LogP contribution < -0.4 is 0 Å². The fraction of sp³-hybridized carbons (Fsp3) is 0.500. The van der Waals surface area contributed by atoms with Crippen LogP contribution in [0.25, 0.3) is 0 Å². The van der Waals surface area contributed by atoms with E-state index in [0.717, 1.165) is 7.11 Å². The Labute approximate surface area is 66.2 Å². The molecule has 0 saturated heterocycles. The third kappa shape index (κ3) is 60.4. The first-order valence-corrected chi connectivity index (χ1v) is 0.447. The number of halogens is 2. The minimum Gasteiger partial charge on any atom is -0.400 e. The molecule has 0 aromatic rings. The Morgan fingerprint density at radius 2 is 1.00 bits per heavy atom. The molecule has 0 amide bonds. The summed E-state index contributed by atoms with van der Waals surface area (Å²) < 4.78 is 0. The van der Waals surface area contributed by atoms with Gasteiger partial charge >= 0.3 is 0 Å². The first-order valence-electron chi connectivity index (χ1n) is 0.447. The molecule has 4 heteroatoms. The Balaban J connectivity index is -0.000000000833. The Bertz CT molecular complexity index is 11.5. The van der Waals surface area contributed by atoms with Crippen molar-refractivity contribution >= 4 is 24.8 Å². The molecular formula is C2H9Cl2OTi-. The summed E-state index contributed by atoms with van der Waals surface area (Å²) in [4.78, 5) is 0. The van der Waals surface area contributed by atoms with E-state index in [1.54, 1.807) is 0 Å². The Morgan fingerprint density at radius 3 is 1.00 bits per heavy atom. The predicted octanol–water partition coefficient (Wildman–Crippen LogP) is 0.900. The third-order valence-electron chi connectivity index (χ3n) is 0. The zero-order chi connectivity index (χ0) is 2.00. The monoisotopic (exact) mass is 167 g/mol. The van der Waals surface area contributed by atoms with Crippen LogP contribution in [0.1, 0.15) is 0 Å². The van der Waals surface area contributed by atoms with Gasteiger partial charge in [0.1, 0.15) is 0 Å². The van der Waals surface area contributed by atoms with Gasteiger partial charge in [0.15, 0.2) is 0 Å². The molecule has 0 spiro atoms. The van der Waals surface area contributed by atoms with Crippen molar-refractivity contribution in [1.82, 2.24) is 0 Å². The van der Waals surface area contributed by atoms with Gasteiger partial charge in [-0.05, 0) is 0 Å². The predicted molar refractivity (Wildman–Crippen MR) is 29.1 cm³/mol. The average molecular weight is 168 g/mol. The average Bonchev–Trinajstić information content (AvgIpc) is 1.00. The van der Waals surface area contributed by atoms with Crippen LogP contribution in [0.2, 0.25) is 0 Å². The molecule has 0 saturated carbocycles. The smallest absolute Gasteiger partial charge is 0.0319 e. The second-order valence-electron chi connectivity index (χ2n) is 0. The molecule has 0 atom stereocenters. The maximum Gasteiger partial charge on any atom is 0.0319 e. The fourth-order valence-corrected chi connectivity index (χ4v) is 0. The van der Waals surface area contributed by atoms with Crippen LogP contribution in [0, 0.1) is 7.43 Å². The van der Waals surface area contributed by atoms with E-state index in [1.165, 1.54) is 0 Å². The zero-order valence-corrected chi connectivity index (χ0v) is 6.96. The normalized spacial score (nSPS) is 1.00. The number of aliphatic hydroxyl groups is 1. The van der Waals surface area contributed by atoms with Crippen molar-refractivity contribution in [2.75, 3.05) is 7.11 Å². The molecule has 0 heterocycles. The minimum atomic E-state index is 0. The second kappa shape index (κ2) is 110. The molecule has 0 unspecified atom stereocenters. The van der Waals surface area contributed by atoms with Gasteiger partial charge in [0.2, 0.25) is 0 Å². The number of hydrogen-bond acceptors (Lipinski definition) is 1. The first-order chi connectivity index (χ1) is 1.00. The van der Waals surface area contributed by atoms with Crippen molar-refractivity contribution in [1.29, 1.82) is 0 Å². The van der Waals surface area contributed by atoms with Gasteiger partial charge in [0.05, 0.1) is 0 Å². The minimum absolute atomic E-state index is 0. The summed E-state index contributed by atoms with van der Waals surface area (Å²) in [5, 5.41) is 7.00. The quantitative estimate of drug-likeness (QED) is 0.420. The van der Waals surface area contributed by atoms with E-state index in [0.29, 0.717) is 0 Å². The van der Waals surface area contributed by atoms with Crippen LogP contribution in [-0.2, 0) is 21.7 Å². The molecule has 42 valence electrons. The SMILES string of the molecule is CO.Cl.Cl.[CH3-].[Ti]. The Hall–Kier alpha value is 1.25. The second-order valence-corrected chi connectivity index (χ2v) is 0. The van der Waals surface area contributed by atoms with Gasteiger partial charge in [-0.3, -0.25) is 0 Å². The van der Waals surface area contributed by atoms with E-state index in [2.05, 4.69) is 0 Å². The molecule has 0 aliphatic rings. The standard InChI is InChI=1S/CH4O.CH3.2ClH.Ti/c1-2;;;;/h2H,1H3;1H3;2*1H;/q;-1;;;. The number of aliphatic hydroxyl groups excluding tert-OH is 1. The van der Waals surface area contributed by atoms with Gasteiger partial charge in [0.25, 0.3) is 0 Å². The molecule has 1 N–H and O–H groups in total. The Morgan fingerprint density at radius 1 is 1.00 bits per heavy atom. The van der Waals surface area contributed by atoms with E-state index in [-0.39, 0.29) is 54.0 Å². The maximum atomic E-state index is 7.00. The van der Waals surface area contributed by atoms with Crippen molar-refractivity contribution in [3.63, 3.8) is 0 Å². The summed E-state index contributed by atoms with van der Waals surface area (Å²) in [6, 6.07) is 0. The zero-order valence-electron chi connectivity index (χ0n) is 3.76. The molecule has 1 nitrogen and oxygen atoms in total. The third-order valence-corrected chi connectivity index (χ3v) is 0. The molecule has 6 heavy (non-hydrogen) atoms. The summed E-state index contributed by atoms with van der Waals surface area (Å²) in [5.41, 5.74) is 0. The van der Waals surface area contributed by atoms with Crippen molar-refractivity contribution in [2.24, 2.45) is 0 Å². The number of hydrogen-bond donors (Lipinski definition) is 1. The first kappa shape index (κ1) is 55.8. The van der Waals surface area contributed by atoms with Crippen LogP contribution in [0.15, 0.2) is 0 Å². The largest absolute Gasteiger partial charge is 0.400 e. The van der Waals surface area contributed by atoms with Crippen molar-refractivity contribution in [3.8, 4) is 0 Å². The van der Waals surface area contributed by atoms with Gasteiger partial charge in [-0.25, -0.2) is 0 Å². The van der Waals surface area contributed by atoms with Crippen LogP contribution in [0.5, 0.6) is 0 Å². The molecule has 0 bridgehead atoms. The van der Waals surface area contributed by atoms with Gasteiger partial charge in [-0.2, -0.15) is 0 Å². The molecular weight excluding hydrogens is 159 g/mol. The van der Waals surface area contributed by atoms with E-state index in [1.807, 2.05) is 0 Å². The Kier molecular flexibility index (Phi) is 1020. The van der Waals surface area contributed by atoms with E-state index in [9.17, 15) is 0 Å². The molecule has 0 aromatic heterocycles. The van der Waals surface area contributed by atoms with Gasteiger partial charge < -0.3 is 12.5 Å². The van der Waals surface area contributed by atoms with E-state index >= 15 is 0 Å². The van der Waals surface area contributed by atoms with E-state index < -0.39 is 0 Å².